The Morgan fingerprint density at radius 3 is 2.08 bits per heavy atom. The zero-order chi connectivity index (χ0) is 28.2. The van der Waals surface area contributed by atoms with Crippen LogP contribution in [0.1, 0.15) is 27.9 Å². The fourth-order valence-electron chi connectivity index (χ4n) is 4.05. The summed E-state index contributed by atoms with van der Waals surface area (Å²) in [6.45, 7) is 1.77. The molecule has 7 nitrogen and oxygen atoms in total. The second-order valence-corrected chi connectivity index (χ2v) is 8.77. The molecule has 206 valence electrons. The molecule has 0 saturated carbocycles. The van der Waals surface area contributed by atoms with Crippen molar-refractivity contribution in [2.24, 2.45) is 0 Å². The zero-order valence-corrected chi connectivity index (χ0v) is 20.3. The third-order valence-electron chi connectivity index (χ3n) is 6.02. The minimum atomic E-state index is -4.53. The molecule has 1 saturated heterocycles. The molecule has 2 aromatic carbocycles. The Morgan fingerprint density at radius 2 is 1.44 bits per heavy atom. The number of hydrogen-bond acceptors (Lipinski definition) is 4. The van der Waals surface area contributed by atoms with Gasteiger partial charge >= 0.3 is 18.4 Å². The molecule has 39 heavy (non-hydrogen) atoms. The molecular formula is C26H23F6N5O2. The van der Waals surface area contributed by atoms with E-state index in [1.807, 2.05) is 4.90 Å². The molecule has 0 radical (unpaired) electrons. The van der Waals surface area contributed by atoms with Crippen LogP contribution in [0, 0.1) is 0 Å². The van der Waals surface area contributed by atoms with Crippen molar-refractivity contribution in [2.75, 3.05) is 41.7 Å². The molecule has 1 aliphatic rings. The van der Waals surface area contributed by atoms with Crippen LogP contribution in [0.25, 0.3) is 0 Å². The summed E-state index contributed by atoms with van der Waals surface area (Å²) in [4.78, 5) is 32.9. The summed E-state index contributed by atoms with van der Waals surface area (Å²) in [6, 6.07) is 10.9. The largest absolute Gasteiger partial charge is 0.416 e. The van der Waals surface area contributed by atoms with E-state index in [2.05, 4.69) is 15.6 Å². The number of hydrogen-bond donors (Lipinski definition) is 2. The second-order valence-electron chi connectivity index (χ2n) is 8.77. The number of alkyl halides is 6. The topological polar surface area (TPSA) is 77.6 Å². The average Bonchev–Trinajstić information content (AvgIpc) is 3.14. The Labute approximate surface area is 219 Å². The molecule has 1 aromatic heterocycles. The molecule has 0 aliphatic carbocycles. The van der Waals surface area contributed by atoms with E-state index in [4.69, 9.17) is 0 Å². The van der Waals surface area contributed by atoms with E-state index in [9.17, 15) is 35.9 Å². The van der Waals surface area contributed by atoms with Gasteiger partial charge in [0.15, 0.2) is 0 Å². The van der Waals surface area contributed by atoms with Crippen LogP contribution in [0.5, 0.6) is 0 Å². The summed E-state index contributed by atoms with van der Waals surface area (Å²) in [5.41, 5.74) is -1.24. The summed E-state index contributed by atoms with van der Waals surface area (Å²) in [7, 11) is 0. The summed E-state index contributed by atoms with van der Waals surface area (Å²) >= 11 is 0. The Kier molecular flexibility index (Phi) is 7.98. The molecule has 2 N–H and O–H groups in total. The van der Waals surface area contributed by atoms with Gasteiger partial charge in [-0.3, -0.25) is 4.79 Å². The Bertz CT molecular complexity index is 1310. The van der Waals surface area contributed by atoms with Crippen LogP contribution >= 0.6 is 0 Å². The van der Waals surface area contributed by atoms with Gasteiger partial charge in [0.2, 0.25) is 0 Å². The van der Waals surface area contributed by atoms with Crippen molar-refractivity contribution in [1.29, 1.82) is 0 Å². The van der Waals surface area contributed by atoms with Crippen molar-refractivity contribution >= 4 is 29.1 Å². The lowest BCUT2D eigenvalue weighted by Gasteiger charge is -2.23. The van der Waals surface area contributed by atoms with Crippen LogP contribution in [-0.2, 0) is 12.4 Å². The number of pyridine rings is 1. The summed E-state index contributed by atoms with van der Waals surface area (Å²) in [5.74, 6) is 0.229. The van der Waals surface area contributed by atoms with Gasteiger partial charge in [-0.15, -0.1) is 0 Å². The van der Waals surface area contributed by atoms with Crippen molar-refractivity contribution in [3.05, 3.63) is 83.6 Å². The first-order chi connectivity index (χ1) is 18.4. The Hall–Kier alpha value is -4.29. The molecule has 1 fully saturated rings. The molecule has 1 aliphatic heterocycles. The highest BCUT2D eigenvalue weighted by Gasteiger charge is 2.31. The Morgan fingerprint density at radius 1 is 0.744 bits per heavy atom. The van der Waals surface area contributed by atoms with E-state index in [0.29, 0.717) is 44.1 Å². The van der Waals surface area contributed by atoms with Crippen molar-refractivity contribution in [3.8, 4) is 0 Å². The molecule has 0 atom stereocenters. The van der Waals surface area contributed by atoms with Crippen LogP contribution in [0.4, 0.5) is 48.3 Å². The van der Waals surface area contributed by atoms with E-state index in [-0.39, 0.29) is 17.2 Å². The van der Waals surface area contributed by atoms with E-state index in [1.165, 1.54) is 30.5 Å². The van der Waals surface area contributed by atoms with Gasteiger partial charge in [-0.25, -0.2) is 9.78 Å². The predicted molar refractivity (Wildman–Crippen MR) is 132 cm³/mol. The van der Waals surface area contributed by atoms with Crippen LogP contribution in [-0.4, -0.2) is 48.0 Å². The lowest BCUT2D eigenvalue weighted by Crippen LogP contribution is -2.35. The molecule has 4 rings (SSSR count). The van der Waals surface area contributed by atoms with Crippen molar-refractivity contribution < 1.29 is 35.9 Å². The maximum atomic E-state index is 12.9. The number of anilines is 3. The van der Waals surface area contributed by atoms with Gasteiger partial charge in [-0.1, -0.05) is 6.07 Å². The van der Waals surface area contributed by atoms with Gasteiger partial charge in [0.25, 0.3) is 5.91 Å². The molecule has 0 spiro atoms. The minimum Gasteiger partial charge on any atom is -0.355 e. The number of nitrogens with one attached hydrogen (secondary N) is 2. The van der Waals surface area contributed by atoms with Crippen LogP contribution < -0.4 is 15.5 Å². The van der Waals surface area contributed by atoms with Crippen molar-refractivity contribution in [1.82, 2.24) is 9.88 Å². The van der Waals surface area contributed by atoms with Gasteiger partial charge in [0.05, 0.1) is 23.0 Å². The monoisotopic (exact) mass is 551 g/mol. The first-order valence-corrected chi connectivity index (χ1v) is 11.8. The highest BCUT2D eigenvalue weighted by Crippen LogP contribution is 2.31. The van der Waals surface area contributed by atoms with Crippen molar-refractivity contribution in [2.45, 2.75) is 18.8 Å². The smallest absolute Gasteiger partial charge is 0.355 e. The fraction of sp³-hybridized carbons (Fsp3) is 0.269. The third kappa shape index (κ3) is 7.18. The predicted octanol–water partition coefficient (Wildman–Crippen LogP) is 6.12. The number of halogens is 6. The molecule has 0 unspecified atom stereocenters. The molecule has 0 bridgehead atoms. The molecule has 13 heteroatoms. The van der Waals surface area contributed by atoms with Crippen LogP contribution in [0.3, 0.4) is 0 Å². The second kappa shape index (κ2) is 11.2. The first-order valence-electron chi connectivity index (χ1n) is 11.8. The maximum Gasteiger partial charge on any atom is 0.416 e. The van der Waals surface area contributed by atoms with E-state index in [1.54, 1.807) is 17.0 Å². The van der Waals surface area contributed by atoms with E-state index < -0.39 is 29.5 Å². The molecule has 3 aromatic rings. The normalized spacial score (nSPS) is 14.5. The average molecular weight is 551 g/mol. The number of carbonyl (C=O) groups is 2. The SMILES string of the molecule is O=C(Nc1ccc(N2CCCN(C(=O)c3ccc(C(F)(F)F)cc3)CC2)nc1)Nc1cccc(C(F)(F)F)c1. The summed E-state index contributed by atoms with van der Waals surface area (Å²) < 4.78 is 77.0. The molecule has 2 heterocycles. The number of amides is 3. The van der Waals surface area contributed by atoms with Crippen molar-refractivity contribution in [3.63, 3.8) is 0 Å². The van der Waals surface area contributed by atoms with Gasteiger partial charge < -0.3 is 20.4 Å². The maximum absolute atomic E-state index is 12.9. The van der Waals surface area contributed by atoms with Gasteiger partial charge in [-0.05, 0) is 61.0 Å². The summed E-state index contributed by atoms with van der Waals surface area (Å²) in [5, 5.41) is 4.86. The number of carbonyl (C=O) groups excluding carboxylic acids is 2. The van der Waals surface area contributed by atoms with Gasteiger partial charge in [0.1, 0.15) is 5.82 Å². The number of rotatable bonds is 4. The van der Waals surface area contributed by atoms with Gasteiger partial charge in [0, 0.05) is 37.4 Å². The summed E-state index contributed by atoms with van der Waals surface area (Å²) in [6.07, 6.45) is -7.01. The minimum absolute atomic E-state index is 0.0214. The van der Waals surface area contributed by atoms with Crippen LogP contribution in [0.15, 0.2) is 66.9 Å². The standard InChI is InChI=1S/C26H23F6N5O2/c27-25(28,29)18-7-5-17(6-8-18)23(38)37-12-2-11-36(13-14-37)22-10-9-21(16-33-22)35-24(39)34-20-4-1-3-19(15-20)26(30,31)32/h1,3-10,15-16H,2,11-14H2,(H2,34,35,39). The fourth-order valence-corrected chi connectivity index (χ4v) is 4.05. The number of benzene rings is 2. The lowest BCUT2D eigenvalue weighted by atomic mass is 10.1. The Balaban J connectivity index is 1.32. The highest BCUT2D eigenvalue weighted by molar-refractivity contribution is 5.99. The molecule has 3 amide bonds. The number of urea groups is 1. The third-order valence-corrected chi connectivity index (χ3v) is 6.02. The van der Waals surface area contributed by atoms with Crippen LogP contribution in [0.2, 0.25) is 0 Å². The number of aromatic nitrogens is 1. The number of nitrogens with zero attached hydrogens (tertiary/aromatic N) is 3. The molecular weight excluding hydrogens is 528 g/mol. The quantitative estimate of drug-likeness (QED) is 0.384. The van der Waals surface area contributed by atoms with E-state index >= 15 is 0 Å². The zero-order valence-electron chi connectivity index (χ0n) is 20.3. The van der Waals surface area contributed by atoms with Gasteiger partial charge in [-0.2, -0.15) is 26.3 Å². The highest BCUT2D eigenvalue weighted by atomic mass is 19.4. The first kappa shape index (κ1) is 27.7. The lowest BCUT2D eigenvalue weighted by molar-refractivity contribution is -0.138. The van der Waals surface area contributed by atoms with E-state index in [0.717, 1.165) is 24.3 Å².